The lowest BCUT2D eigenvalue weighted by Gasteiger charge is -2.36. The molecule has 0 unspecified atom stereocenters. The van der Waals surface area contributed by atoms with Crippen LogP contribution in [0.15, 0.2) is 24.3 Å². The SMILES string of the molecule is CCc1ccc(CCNC(=O)[C@@H]2C[C@H](C)CC[C@H]2C(C)C)cc1. The number of amides is 1. The second-order valence-electron chi connectivity index (χ2n) is 7.64. The molecule has 2 nitrogen and oxygen atoms in total. The summed E-state index contributed by atoms with van der Waals surface area (Å²) < 4.78 is 0. The van der Waals surface area contributed by atoms with Crippen LogP contribution in [0.25, 0.3) is 0 Å². The molecular weight excluding hydrogens is 282 g/mol. The Bertz CT molecular complexity index is 491. The zero-order chi connectivity index (χ0) is 16.8. The van der Waals surface area contributed by atoms with E-state index in [4.69, 9.17) is 0 Å². The summed E-state index contributed by atoms with van der Waals surface area (Å²) in [5.74, 6) is 2.32. The van der Waals surface area contributed by atoms with E-state index in [0.717, 1.165) is 25.8 Å². The van der Waals surface area contributed by atoms with Crippen LogP contribution in [-0.2, 0) is 17.6 Å². The van der Waals surface area contributed by atoms with Crippen molar-refractivity contribution in [1.29, 1.82) is 0 Å². The minimum absolute atomic E-state index is 0.209. The summed E-state index contributed by atoms with van der Waals surface area (Å²) in [5.41, 5.74) is 2.67. The standard InChI is InChI=1S/C21H33NO/c1-5-17-7-9-18(10-8-17)12-13-22-21(23)20-14-16(4)6-11-19(20)15(2)3/h7-10,15-16,19-20H,5-6,11-14H2,1-4H3,(H,22,23)/t16-,19+,20-/m1/s1. The van der Waals surface area contributed by atoms with Gasteiger partial charge in [-0.3, -0.25) is 4.79 Å². The highest BCUT2D eigenvalue weighted by molar-refractivity contribution is 5.79. The Morgan fingerprint density at radius 2 is 1.83 bits per heavy atom. The highest BCUT2D eigenvalue weighted by Crippen LogP contribution is 2.38. The van der Waals surface area contributed by atoms with Crippen LogP contribution >= 0.6 is 0 Å². The van der Waals surface area contributed by atoms with Gasteiger partial charge >= 0.3 is 0 Å². The average Bonchev–Trinajstić information content (AvgIpc) is 2.55. The number of rotatable bonds is 6. The molecule has 2 rings (SSSR count). The second kappa shape index (κ2) is 8.52. The molecule has 0 heterocycles. The topological polar surface area (TPSA) is 29.1 Å². The van der Waals surface area contributed by atoms with E-state index < -0.39 is 0 Å². The molecule has 1 aromatic rings. The van der Waals surface area contributed by atoms with E-state index in [2.05, 4.69) is 57.3 Å². The van der Waals surface area contributed by atoms with E-state index in [-0.39, 0.29) is 11.8 Å². The highest BCUT2D eigenvalue weighted by Gasteiger charge is 2.35. The van der Waals surface area contributed by atoms with Crippen molar-refractivity contribution in [2.24, 2.45) is 23.7 Å². The third-order valence-electron chi connectivity index (χ3n) is 5.50. The minimum Gasteiger partial charge on any atom is -0.356 e. The molecule has 128 valence electrons. The van der Waals surface area contributed by atoms with E-state index >= 15 is 0 Å². The third kappa shape index (κ3) is 5.09. The molecule has 1 N–H and O–H groups in total. The van der Waals surface area contributed by atoms with Gasteiger partial charge in [0.15, 0.2) is 0 Å². The Morgan fingerprint density at radius 1 is 1.17 bits per heavy atom. The minimum atomic E-state index is 0.209. The van der Waals surface area contributed by atoms with E-state index in [1.54, 1.807) is 0 Å². The molecule has 1 amide bonds. The molecule has 1 aliphatic carbocycles. The lowest BCUT2D eigenvalue weighted by molar-refractivity contribution is -0.129. The quantitative estimate of drug-likeness (QED) is 0.815. The van der Waals surface area contributed by atoms with Gasteiger partial charge in [-0.25, -0.2) is 0 Å². The average molecular weight is 316 g/mol. The molecule has 1 aliphatic rings. The fraction of sp³-hybridized carbons (Fsp3) is 0.667. The van der Waals surface area contributed by atoms with Crippen molar-refractivity contribution in [2.45, 2.75) is 59.8 Å². The lowest BCUT2D eigenvalue weighted by Crippen LogP contribution is -2.40. The number of aryl methyl sites for hydroxylation is 1. The Kier molecular flexibility index (Phi) is 6.68. The van der Waals surface area contributed by atoms with E-state index in [1.807, 2.05) is 0 Å². The normalized spacial score (nSPS) is 24.7. The summed E-state index contributed by atoms with van der Waals surface area (Å²) in [7, 11) is 0. The molecule has 2 heteroatoms. The van der Waals surface area contributed by atoms with Crippen molar-refractivity contribution in [1.82, 2.24) is 5.32 Å². The van der Waals surface area contributed by atoms with Gasteiger partial charge in [-0.1, -0.05) is 58.4 Å². The van der Waals surface area contributed by atoms with Gasteiger partial charge in [0.1, 0.15) is 0 Å². The van der Waals surface area contributed by atoms with E-state index in [1.165, 1.54) is 24.0 Å². The first kappa shape index (κ1) is 18.0. The van der Waals surface area contributed by atoms with Crippen molar-refractivity contribution in [3.05, 3.63) is 35.4 Å². The van der Waals surface area contributed by atoms with Crippen LogP contribution < -0.4 is 5.32 Å². The van der Waals surface area contributed by atoms with Crippen molar-refractivity contribution in [3.8, 4) is 0 Å². The summed E-state index contributed by atoms with van der Waals surface area (Å²) in [4.78, 5) is 12.6. The molecule has 23 heavy (non-hydrogen) atoms. The molecule has 1 saturated carbocycles. The second-order valence-corrected chi connectivity index (χ2v) is 7.64. The van der Waals surface area contributed by atoms with Gasteiger partial charge in [0.05, 0.1) is 0 Å². The van der Waals surface area contributed by atoms with Crippen LogP contribution in [0.4, 0.5) is 0 Å². The van der Waals surface area contributed by atoms with Crippen molar-refractivity contribution >= 4 is 5.91 Å². The number of hydrogen-bond acceptors (Lipinski definition) is 1. The van der Waals surface area contributed by atoms with Gasteiger partial charge in [0, 0.05) is 12.5 Å². The number of hydrogen-bond donors (Lipinski definition) is 1. The van der Waals surface area contributed by atoms with Crippen LogP contribution in [0.2, 0.25) is 0 Å². The Hall–Kier alpha value is -1.31. The van der Waals surface area contributed by atoms with Crippen LogP contribution in [0.5, 0.6) is 0 Å². The molecule has 0 radical (unpaired) electrons. The highest BCUT2D eigenvalue weighted by atomic mass is 16.1. The molecular formula is C21H33NO. The smallest absolute Gasteiger partial charge is 0.223 e. The largest absolute Gasteiger partial charge is 0.356 e. The Balaban J connectivity index is 1.84. The van der Waals surface area contributed by atoms with Crippen LogP contribution in [0.3, 0.4) is 0 Å². The maximum absolute atomic E-state index is 12.6. The zero-order valence-corrected chi connectivity index (χ0v) is 15.3. The van der Waals surface area contributed by atoms with Gasteiger partial charge in [0.25, 0.3) is 0 Å². The van der Waals surface area contributed by atoms with Gasteiger partial charge in [-0.05, 0) is 54.6 Å². The summed E-state index contributed by atoms with van der Waals surface area (Å²) >= 11 is 0. The first-order chi connectivity index (χ1) is 11.0. The molecule has 3 atom stereocenters. The van der Waals surface area contributed by atoms with Crippen molar-refractivity contribution in [2.75, 3.05) is 6.54 Å². The maximum Gasteiger partial charge on any atom is 0.223 e. The number of carbonyl (C=O) groups excluding carboxylic acids is 1. The van der Waals surface area contributed by atoms with Crippen molar-refractivity contribution < 1.29 is 4.79 Å². The third-order valence-corrected chi connectivity index (χ3v) is 5.50. The van der Waals surface area contributed by atoms with Gasteiger partial charge in [-0.2, -0.15) is 0 Å². The summed E-state index contributed by atoms with van der Waals surface area (Å²) in [6, 6.07) is 8.75. The number of benzene rings is 1. The summed E-state index contributed by atoms with van der Waals surface area (Å²) in [6.45, 7) is 9.73. The van der Waals surface area contributed by atoms with Gasteiger partial charge in [0.2, 0.25) is 5.91 Å². The fourth-order valence-corrected chi connectivity index (χ4v) is 3.91. The first-order valence-corrected chi connectivity index (χ1v) is 9.36. The maximum atomic E-state index is 12.6. The predicted octanol–water partition coefficient (Wildman–Crippen LogP) is 4.62. The van der Waals surface area contributed by atoms with Crippen LogP contribution in [0.1, 0.15) is 58.1 Å². The lowest BCUT2D eigenvalue weighted by atomic mass is 9.70. The first-order valence-electron chi connectivity index (χ1n) is 9.36. The fourth-order valence-electron chi connectivity index (χ4n) is 3.91. The molecule has 0 spiro atoms. The summed E-state index contributed by atoms with van der Waals surface area (Å²) in [6.07, 6.45) is 5.53. The van der Waals surface area contributed by atoms with E-state index in [9.17, 15) is 4.79 Å². The number of nitrogens with one attached hydrogen (secondary N) is 1. The molecule has 1 fully saturated rings. The Morgan fingerprint density at radius 3 is 2.43 bits per heavy atom. The van der Waals surface area contributed by atoms with Gasteiger partial charge in [-0.15, -0.1) is 0 Å². The molecule has 0 aromatic heterocycles. The molecule has 0 aliphatic heterocycles. The van der Waals surface area contributed by atoms with Gasteiger partial charge < -0.3 is 5.32 Å². The van der Waals surface area contributed by atoms with Crippen LogP contribution in [0, 0.1) is 23.7 Å². The molecule has 0 bridgehead atoms. The Labute approximate surface area is 142 Å². The predicted molar refractivity (Wildman–Crippen MR) is 97.4 cm³/mol. The monoisotopic (exact) mass is 315 g/mol. The summed E-state index contributed by atoms with van der Waals surface area (Å²) in [5, 5.41) is 3.20. The zero-order valence-electron chi connectivity index (χ0n) is 15.3. The number of carbonyl (C=O) groups is 1. The molecule has 1 aromatic carbocycles. The van der Waals surface area contributed by atoms with Crippen molar-refractivity contribution in [3.63, 3.8) is 0 Å². The van der Waals surface area contributed by atoms with E-state index in [0.29, 0.717) is 17.8 Å². The van der Waals surface area contributed by atoms with Crippen LogP contribution in [-0.4, -0.2) is 12.5 Å². The molecule has 0 saturated heterocycles.